The van der Waals surface area contributed by atoms with Crippen LogP contribution in [0.3, 0.4) is 0 Å². The third-order valence-electron chi connectivity index (χ3n) is 4.09. The largest absolute Gasteiger partial charge is 0.407 e. The maximum Gasteiger partial charge on any atom is 0.322 e. The molecule has 0 saturated heterocycles. The molecule has 2 aromatic carbocycles. The number of hydrogen-bond acceptors (Lipinski definition) is 6. The molecule has 1 N–H and O–H groups in total. The topological polar surface area (TPSA) is 102 Å². The molecule has 7 nitrogen and oxygen atoms in total. The molecule has 0 spiro atoms. The number of aromatic nitrogens is 2. The second-order valence-electron chi connectivity index (χ2n) is 6.49. The highest BCUT2D eigenvalue weighted by atomic mass is 35.5. The fourth-order valence-electron chi connectivity index (χ4n) is 2.46. The second kappa shape index (κ2) is 8.52. The molecule has 1 amide bonds. The van der Waals surface area contributed by atoms with Crippen molar-refractivity contribution in [3.8, 4) is 0 Å². The summed E-state index contributed by atoms with van der Waals surface area (Å²) in [6, 6.07) is 10.9. The molecule has 0 unspecified atom stereocenters. The molecular weight excluding hydrogens is 437 g/mol. The van der Waals surface area contributed by atoms with Crippen LogP contribution in [0.5, 0.6) is 0 Å². The number of carbonyl (C=O) groups is 1. The number of nitrogens with zero attached hydrogens (tertiary/aromatic N) is 2. The van der Waals surface area contributed by atoms with Gasteiger partial charge < -0.3 is 4.42 Å². The van der Waals surface area contributed by atoms with Crippen molar-refractivity contribution >= 4 is 45.0 Å². The van der Waals surface area contributed by atoms with Crippen LogP contribution >= 0.6 is 23.2 Å². The number of halogens is 2. The number of carbonyl (C=O) groups excluding carboxylic acids is 1. The van der Waals surface area contributed by atoms with Crippen molar-refractivity contribution in [2.24, 2.45) is 0 Å². The Hall–Kier alpha value is -2.42. The van der Waals surface area contributed by atoms with Crippen LogP contribution in [0.25, 0.3) is 0 Å². The van der Waals surface area contributed by atoms with Gasteiger partial charge in [0.1, 0.15) is 0 Å². The minimum atomic E-state index is -3.33. The van der Waals surface area contributed by atoms with Gasteiger partial charge in [-0.15, -0.1) is 5.10 Å². The quantitative estimate of drug-likeness (QED) is 0.592. The van der Waals surface area contributed by atoms with E-state index in [4.69, 9.17) is 27.6 Å². The number of amides is 1. The van der Waals surface area contributed by atoms with Gasteiger partial charge in [-0.25, -0.2) is 8.42 Å². The third kappa shape index (κ3) is 4.95. The molecule has 0 bridgehead atoms. The molecule has 3 aromatic rings. The van der Waals surface area contributed by atoms with Crippen LogP contribution in [0.1, 0.15) is 35.7 Å². The van der Waals surface area contributed by atoms with Gasteiger partial charge in [0.15, 0.2) is 9.84 Å². The monoisotopic (exact) mass is 453 g/mol. The van der Waals surface area contributed by atoms with Crippen LogP contribution in [-0.2, 0) is 16.3 Å². The van der Waals surface area contributed by atoms with Gasteiger partial charge in [0, 0.05) is 5.02 Å². The van der Waals surface area contributed by atoms with Crippen molar-refractivity contribution in [3.63, 3.8) is 0 Å². The molecule has 29 heavy (non-hydrogen) atoms. The van der Waals surface area contributed by atoms with E-state index in [1.807, 2.05) is 0 Å². The van der Waals surface area contributed by atoms with Crippen LogP contribution in [0.2, 0.25) is 10.0 Å². The summed E-state index contributed by atoms with van der Waals surface area (Å²) in [4.78, 5) is 12.6. The predicted octanol–water partition coefficient (Wildman–Crippen LogP) is 4.40. The molecule has 0 radical (unpaired) electrons. The maximum atomic E-state index is 12.3. The maximum absolute atomic E-state index is 12.3. The normalized spacial score (nSPS) is 11.6. The smallest absolute Gasteiger partial charge is 0.322 e. The van der Waals surface area contributed by atoms with Crippen LogP contribution in [-0.4, -0.2) is 29.8 Å². The standard InChI is InChI=1S/C19H17Cl2N3O4S/c1-11(2)29(26,27)14-6-3-12(4-7-14)9-17-23-24-19(28-17)22-18(25)15-10-13(20)5-8-16(15)21/h3-8,10-11H,9H2,1-2H3,(H,22,24,25). The Morgan fingerprint density at radius 2 is 1.79 bits per heavy atom. The molecule has 1 heterocycles. The predicted molar refractivity (Wildman–Crippen MR) is 110 cm³/mol. The summed E-state index contributed by atoms with van der Waals surface area (Å²) in [6.45, 7) is 3.27. The van der Waals surface area contributed by atoms with E-state index >= 15 is 0 Å². The van der Waals surface area contributed by atoms with E-state index in [1.54, 1.807) is 44.2 Å². The first-order valence-electron chi connectivity index (χ1n) is 8.58. The first-order valence-corrected chi connectivity index (χ1v) is 10.9. The lowest BCUT2D eigenvalue weighted by molar-refractivity contribution is 0.102. The number of benzene rings is 2. The van der Waals surface area contributed by atoms with Crippen molar-refractivity contribution in [3.05, 3.63) is 69.5 Å². The summed E-state index contributed by atoms with van der Waals surface area (Å²) in [6.07, 6.45) is 0.281. The van der Waals surface area contributed by atoms with E-state index in [0.717, 1.165) is 5.56 Å². The Labute approximate surface area is 178 Å². The Bertz CT molecular complexity index is 1140. The molecule has 0 saturated carbocycles. The van der Waals surface area contributed by atoms with E-state index < -0.39 is 21.0 Å². The van der Waals surface area contributed by atoms with Crippen molar-refractivity contribution < 1.29 is 17.6 Å². The fraction of sp³-hybridized carbons (Fsp3) is 0.211. The summed E-state index contributed by atoms with van der Waals surface area (Å²) in [5.74, 6) is -0.270. The lowest BCUT2D eigenvalue weighted by Crippen LogP contribution is -2.13. The summed E-state index contributed by atoms with van der Waals surface area (Å²) in [5.41, 5.74) is 0.966. The summed E-state index contributed by atoms with van der Waals surface area (Å²) in [5, 5.41) is 10.3. The molecule has 10 heteroatoms. The molecule has 152 valence electrons. The highest BCUT2D eigenvalue weighted by Crippen LogP contribution is 2.22. The molecule has 0 atom stereocenters. The first-order chi connectivity index (χ1) is 13.7. The van der Waals surface area contributed by atoms with Crippen LogP contribution in [0.15, 0.2) is 51.8 Å². The Morgan fingerprint density at radius 1 is 1.10 bits per heavy atom. The van der Waals surface area contributed by atoms with Gasteiger partial charge in [-0.05, 0) is 49.7 Å². The van der Waals surface area contributed by atoms with Gasteiger partial charge in [0.2, 0.25) is 5.89 Å². The third-order valence-corrected chi connectivity index (χ3v) is 6.82. The molecule has 0 aliphatic rings. The van der Waals surface area contributed by atoms with E-state index in [2.05, 4.69) is 15.5 Å². The van der Waals surface area contributed by atoms with Gasteiger partial charge in [-0.2, -0.15) is 0 Å². The van der Waals surface area contributed by atoms with E-state index in [-0.39, 0.29) is 33.8 Å². The minimum Gasteiger partial charge on any atom is -0.407 e. The average molecular weight is 454 g/mol. The molecular formula is C19H17Cl2N3O4S. The van der Waals surface area contributed by atoms with Gasteiger partial charge in [0.25, 0.3) is 5.91 Å². The SMILES string of the molecule is CC(C)S(=O)(=O)c1ccc(Cc2nnc(NC(=O)c3cc(Cl)ccc3Cl)o2)cc1. The van der Waals surface area contributed by atoms with Gasteiger partial charge in [0.05, 0.1) is 27.2 Å². The highest BCUT2D eigenvalue weighted by Gasteiger charge is 2.19. The van der Waals surface area contributed by atoms with E-state index in [0.29, 0.717) is 5.02 Å². The van der Waals surface area contributed by atoms with Crippen LogP contribution < -0.4 is 5.32 Å². The summed E-state index contributed by atoms with van der Waals surface area (Å²) in [7, 11) is -3.33. The zero-order chi connectivity index (χ0) is 21.2. The Kier molecular flexibility index (Phi) is 6.26. The Balaban J connectivity index is 1.69. The van der Waals surface area contributed by atoms with Crippen molar-refractivity contribution in [1.82, 2.24) is 10.2 Å². The van der Waals surface area contributed by atoms with Crippen LogP contribution in [0.4, 0.5) is 6.01 Å². The number of sulfone groups is 1. The van der Waals surface area contributed by atoms with Gasteiger partial charge in [-0.1, -0.05) is 40.4 Å². The first kappa shape index (κ1) is 21.3. The molecule has 1 aromatic heterocycles. The van der Waals surface area contributed by atoms with Crippen molar-refractivity contribution in [2.75, 3.05) is 5.32 Å². The number of nitrogens with one attached hydrogen (secondary N) is 1. The second-order valence-corrected chi connectivity index (χ2v) is 9.84. The summed E-state index contributed by atoms with van der Waals surface area (Å²) >= 11 is 11.9. The molecule has 0 fully saturated rings. The van der Waals surface area contributed by atoms with Gasteiger partial charge in [-0.3, -0.25) is 10.1 Å². The molecule has 3 rings (SSSR count). The minimum absolute atomic E-state index is 0.0833. The fourth-order valence-corrected chi connectivity index (χ4v) is 3.89. The van der Waals surface area contributed by atoms with Crippen molar-refractivity contribution in [1.29, 1.82) is 0 Å². The zero-order valence-electron chi connectivity index (χ0n) is 15.5. The Morgan fingerprint density at radius 3 is 2.45 bits per heavy atom. The number of anilines is 1. The number of rotatable bonds is 6. The van der Waals surface area contributed by atoms with E-state index in [9.17, 15) is 13.2 Å². The lowest BCUT2D eigenvalue weighted by atomic mass is 10.1. The lowest BCUT2D eigenvalue weighted by Gasteiger charge is -2.08. The number of hydrogen-bond donors (Lipinski definition) is 1. The summed E-state index contributed by atoms with van der Waals surface area (Å²) < 4.78 is 29.8. The highest BCUT2D eigenvalue weighted by molar-refractivity contribution is 7.92. The molecule has 0 aliphatic carbocycles. The average Bonchev–Trinajstić information content (AvgIpc) is 3.10. The van der Waals surface area contributed by atoms with Crippen LogP contribution in [0, 0.1) is 0 Å². The van der Waals surface area contributed by atoms with Crippen molar-refractivity contribution in [2.45, 2.75) is 30.4 Å². The zero-order valence-corrected chi connectivity index (χ0v) is 17.8. The molecule has 0 aliphatic heterocycles. The van der Waals surface area contributed by atoms with Gasteiger partial charge >= 0.3 is 6.01 Å². The van der Waals surface area contributed by atoms with E-state index in [1.165, 1.54) is 12.1 Å².